The van der Waals surface area contributed by atoms with Crippen molar-refractivity contribution >= 4 is 56.7 Å². The summed E-state index contributed by atoms with van der Waals surface area (Å²) < 4.78 is 0. The smallest absolute Gasteiger partial charge is 0.267 e. The Labute approximate surface area is 218 Å². The highest BCUT2D eigenvalue weighted by Gasteiger charge is 2.58. The molecule has 1 aliphatic carbocycles. The Morgan fingerprint density at radius 2 is 0.667 bits per heavy atom. The molecule has 0 saturated heterocycles. The molecular weight excluding hydrogens is 491 g/mol. The zero-order chi connectivity index (χ0) is 24.6. The lowest BCUT2D eigenvalue weighted by molar-refractivity contribution is 0.234. The SMILES string of the molecule is O=C(Cl)N1c2ccccc2C2C(c3ccccc31)C1c3ccccc3N(C(=O)Cl)c3ccccc3C21. The number of carbonyl (C=O) groups is 2. The average molecular weight is 511 g/mol. The Balaban J connectivity index is 1.58. The van der Waals surface area contributed by atoms with Gasteiger partial charge in [0.25, 0.3) is 0 Å². The lowest BCUT2D eigenvalue weighted by Crippen LogP contribution is -2.39. The molecule has 0 bridgehead atoms. The van der Waals surface area contributed by atoms with Gasteiger partial charge in [0, 0.05) is 23.7 Å². The summed E-state index contributed by atoms with van der Waals surface area (Å²) >= 11 is 12.4. The van der Waals surface area contributed by atoms with Crippen molar-refractivity contribution < 1.29 is 9.59 Å². The molecule has 2 aliphatic heterocycles. The number of amides is 2. The normalized spacial score (nSPS) is 22.8. The molecule has 0 atom stereocenters. The van der Waals surface area contributed by atoms with Crippen molar-refractivity contribution in [2.24, 2.45) is 0 Å². The Kier molecular flexibility index (Phi) is 4.79. The molecule has 1 fully saturated rings. The number of hydrogen-bond acceptors (Lipinski definition) is 2. The van der Waals surface area contributed by atoms with Gasteiger partial charge in [0.2, 0.25) is 0 Å². The number of para-hydroxylation sites is 4. The minimum atomic E-state index is -0.531. The van der Waals surface area contributed by atoms with Crippen LogP contribution >= 0.6 is 23.2 Å². The van der Waals surface area contributed by atoms with Gasteiger partial charge in [-0.05, 0) is 69.7 Å². The van der Waals surface area contributed by atoms with Crippen LogP contribution in [0.4, 0.5) is 32.3 Å². The zero-order valence-electron chi connectivity index (χ0n) is 19.0. The third kappa shape index (κ3) is 2.83. The van der Waals surface area contributed by atoms with Gasteiger partial charge in [-0.2, -0.15) is 0 Å². The fraction of sp³-hybridized carbons (Fsp3) is 0.133. The van der Waals surface area contributed by atoms with E-state index in [0.29, 0.717) is 0 Å². The minimum Gasteiger partial charge on any atom is -0.267 e. The van der Waals surface area contributed by atoms with Crippen LogP contribution in [0.15, 0.2) is 97.1 Å². The molecule has 0 aromatic heterocycles. The molecule has 2 amide bonds. The molecule has 36 heavy (non-hydrogen) atoms. The summed E-state index contributed by atoms with van der Waals surface area (Å²) in [5.74, 6) is 0.307. The number of carbonyl (C=O) groups excluding carboxylic acids is 2. The van der Waals surface area contributed by atoms with Crippen LogP contribution in [0.5, 0.6) is 0 Å². The molecule has 6 heteroatoms. The molecule has 4 nitrogen and oxygen atoms in total. The topological polar surface area (TPSA) is 40.6 Å². The molecule has 0 spiro atoms. The minimum absolute atomic E-state index is 0.0768. The van der Waals surface area contributed by atoms with Crippen LogP contribution in [0, 0.1) is 0 Å². The van der Waals surface area contributed by atoms with Gasteiger partial charge in [0.05, 0.1) is 22.7 Å². The van der Waals surface area contributed by atoms with E-state index in [1.54, 1.807) is 9.80 Å². The van der Waals surface area contributed by atoms with Crippen LogP contribution in [-0.2, 0) is 0 Å². The number of halogens is 2. The van der Waals surface area contributed by atoms with Gasteiger partial charge in [0.15, 0.2) is 0 Å². The van der Waals surface area contributed by atoms with E-state index < -0.39 is 10.7 Å². The van der Waals surface area contributed by atoms with Gasteiger partial charge in [-0.25, -0.2) is 0 Å². The van der Waals surface area contributed by atoms with Crippen molar-refractivity contribution in [2.45, 2.75) is 23.7 Å². The van der Waals surface area contributed by atoms with Gasteiger partial charge in [0.1, 0.15) is 0 Å². The van der Waals surface area contributed by atoms with Crippen LogP contribution in [0.2, 0.25) is 0 Å². The third-order valence-electron chi connectivity index (χ3n) is 8.05. The number of fused-ring (bicyclic) bond motifs is 12. The predicted molar refractivity (Wildman–Crippen MR) is 144 cm³/mol. The first-order valence-corrected chi connectivity index (χ1v) is 12.7. The number of rotatable bonds is 0. The van der Waals surface area contributed by atoms with Crippen molar-refractivity contribution in [1.82, 2.24) is 0 Å². The van der Waals surface area contributed by atoms with Crippen molar-refractivity contribution in [3.8, 4) is 0 Å². The predicted octanol–water partition coefficient (Wildman–Crippen LogP) is 8.76. The molecule has 2 heterocycles. The molecule has 7 rings (SSSR count). The van der Waals surface area contributed by atoms with Crippen LogP contribution in [0.3, 0.4) is 0 Å². The van der Waals surface area contributed by atoms with E-state index in [0.717, 1.165) is 45.0 Å². The van der Waals surface area contributed by atoms with Gasteiger partial charge in [-0.3, -0.25) is 19.4 Å². The first-order valence-electron chi connectivity index (χ1n) is 11.9. The van der Waals surface area contributed by atoms with Crippen LogP contribution in [-0.4, -0.2) is 10.7 Å². The van der Waals surface area contributed by atoms with Crippen molar-refractivity contribution in [1.29, 1.82) is 0 Å². The largest absolute Gasteiger partial charge is 0.325 e. The molecule has 176 valence electrons. The average Bonchev–Trinajstić information content (AvgIpc) is 3.04. The first-order chi connectivity index (χ1) is 17.6. The van der Waals surface area contributed by atoms with Crippen LogP contribution in [0.1, 0.15) is 45.9 Å². The summed E-state index contributed by atoms with van der Waals surface area (Å²) in [7, 11) is 0. The van der Waals surface area contributed by atoms with E-state index in [1.165, 1.54) is 0 Å². The number of hydrogen-bond donors (Lipinski definition) is 0. The number of anilines is 4. The second-order valence-electron chi connectivity index (χ2n) is 9.52. The van der Waals surface area contributed by atoms with Crippen LogP contribution in [0.25, 0.3) is 0 Å². The van der Waals surface area contributed by atoms with Crippen molar-refractivity contribution in [2.75, 3.05) is 9.80 Å². The third-order valence-corrected chi connectivity index (χ3v) is 8.38. The first kappa shape index (κ1) is 21.7. The van der Waals surface area contributed by atoms with Gasteiger partial charge >= 0.3 is 10.7 Å². The number of benzene rings is 4. The standard InChI is InChI=1S/C30H20Cl2N2O2/c31-29(35)33-21-13-5-1-9-17(21)25-26(18-10-2-6-14-22(18)33)28-20-12-4-8-16-24(20)34(30(32)36)23-15-7-3-11-19(23)27(25)28/h1-16,25-28H. The maximum Gasteiger partial charge on any atom is 0.325 e. The Bertz CT molecular complexity index is 1340. The highest BCUT2D eigenvalue weighted by Crippen LogP contribution is 2.72. The van der Waals surface area contributed by atoms with E-state index >= 15 is 0 Å². The Morgan fingerprint density at radius 1 is 0.444 bits per heavy atom. The second kappa shape index (κ2) is 7.95. The lowest BCUT2D eigenvalue weighted by atomic mass is 9.49. The highest BCUT2D eigenvalue weighted by molar-refractivity contribution is 6.67. The summed E-state index contributed by atoms with van der Waals surface area (Å²) in [6.07, 6.45) is 0. The summed E-state index contributed by atoms with van der Waals surface area (Å²) in [5, 5.41) is -1.06. The Hall–Kier alpha value is -3.60. The summed E-state index contributed by atoms with van der Waals surface area (Å²) in [5.41, 5.74) is 7.51. The maximum atomic E-state index is 12.8. The van der Waals surface area contributed by atoms with E-state index in [2.05, 4.69) is 24.3 Å². The molecule has 1 saturated carbocycles. The Morgan fingerprint density at radius 3 is 0.889 bits per heavy atom. The van der Waals surface area contributed by atoms with Gasteiger partial charge < -0.3 is 0 Å². The second-order valence-corrected chi connectivity index (χ2v) is 10.2. The fourth-order valence-electron chi connectivity index (χ4n) is 6.83. The molecule has 0 N–H and O–H groups in total. The van der Waals surface area contributed by atoms with E-state index in [9.17, 15) is 9.59 Å². The molecule has 0 radical (unpaired) electrons. The van der Waals surface area contributed by atoms with Crippen LogP contribution < -0.4 is 9.80 Å². The molecule has 4 aromatic rings. The zero-order valence-corrected chi connectivity index (χ0v) is 20.5. The number of nitrogens with zero attached hydrogens (tertiary/aromatic N) is 2. The van der Waals surface area contributed by atoms with Crippen molar-refractivity contribution in [3.05, 3.63) is 119 Å². The molecule has 0 unspecified atom stereocenters. The van der Waals surface area contributed by atoms with E-state index in [-0.39, 0.29) is 23.7 Å². The van der Waals surface area contributed by atoms with Gasteiger partial charge in [-0.15, -0.1) is 0 Å². The monoisotopic (exact) mass is 510 g/mol. The molecule has 4 aromatic carbocycles. The summed E-state index contributed by atoms with van der Waals surface area (Å²) in [6, 6.07) is 32.1. The van der Waals surface area contributed by atoms with Crippen molar-refractivity contribution in [3.63, 3.8) is 0 Å². The fourth-order valence-corrected chi connectivity index (χ4v) is 7.19. The quantitative estimate of drug-likeness (QED) is 0.175. The molecule has 3 aliphatic rings. The maximum absolute atomic E-state index is 12.8. The molecular formula is C30H20Cl2N2O2. The summed E-state index contributed by atoms with van der Waals surface area (Å²) in [6.45, 7) is 0. The highest BCUT2D eigenvalue weighted by atomic mass is 35.5. The summed E-state index contributed by atoms with van der Waals surface area (Å²) in [4.78, 5) is 28.9. The lowest BCUT2D eigenvalue weighted by Gasteiger charge is -2.52. The van der Waals surface area contributed by atoms with E-state index in [1.807, 2.05) is 72.8 Å². The van der Waals surface area contributed by atoms with E-state index in [4.69, 9.17) is 23.2 Å². The van der Waals surface area contributed by atoms with Gasteiger partial charge in [-0.1, -0.05) is 72.8 Å².